The van der Waals surface area contributed by atoms with Gasteiger partial charge < -0.3 is 25.8 Å². The molecule has 0 amide bonds. The van der Waals surface area contributed by atoms with Crippen molar-refractivity contribution in [2.45, 2.75) is 19.4 Å². The summed E-state index contributed by atoms with van der Waals surface area (Å²) >= 11 is 0. The van der Waals surface area contributed by atoms with Crippen LogP contribution >= 0.6 is 0 Å². The molecule has 4 rings (SSSR count). The van der Waals surface area contributed by atoms with E-state index in [1.54, 1.807) is 18.3 Å². The Morgan fingerprint density at radius 2 is 1.94 bits per heavy atom. The number of carbonyl (C=O) groups is 1. The Hall–Kier alpha value is -4.25. The van der Waals surface area contributed by atoms with E-state index in [9.17, 15) is 4.79 Å². The zero-order valence-electron chi connectivity index (χ0n) is 18.6. The molecule has 33 heavy (non-hydrogen) atoms. The maximum absolute atomic E-state index is 13.1. The molecule has 0 saturated heterocycles. The van der Waals surface area contributed by atoms with Crippen molar-refractivity contribution in [3.63, 3.8) is 0 Å². The summed E-state index contributed by atoms with van der Waals surface area (Å²) in [5.74, 6) is 3.58. The van der Waals surface area contributed by atoms with E-state index in [0.29, 0.717) is 35.6 Å². The average Bonchev–Trinajstić information content (AvgIpc) is 2.83. The van der Waals surface area contributed by atoms with Crippen molar-refractivity contribution in [1.29, 1.82) is 0 Å². The second-order valence-corrected chi connectivity index (χ2v) is 7.70. The number of ether oxygens (including phenoxy) is 2. The number of fused-ring (bicyclic) bond motifs is 1. The maximum atomic E-state index is 13.1. The number of nitrogens with zero attached hydrogens (tertiary/aromatic N) is 3. The molecule has 0 atom stereocenters. The van der Waals surface area contributed by atoms with Crippen LogP contribution in [-0.4, -0.2) is 41.4 Å². The van der Waals surface area contributed by atoms with Crippen LogP contribution in [0.2, 0.25) is 0 Å². The summed E-state index contributed by atoms with van der Waals surface area (Å²) < 4.78 is 10.9. The molecule has 1 aliphatic rings. The summed E-state index contributed by atoms with van der Waals surface area (Å²) in [5, 5.41) is 0. The summed E-state index contributed by atoms with van der Waals surface area (Å²) in [6, 6.07) is 14.8. The van der Waals surface area contributed by atoms with E-state index < -0.39 is 0 Å². The minimum Gasteiger partial charge on any atom is -0.493 e. The predicted molar refractivity (Wildman–Crippen MR) is 126 cm³/mol. The van der Waals surface area contributed by atoms with Crippen LogP contribution in [0, 0.1) is 12.0 Å². The Balaban J connectivity index is 1.62. The molecule has 8 nitrogen and oxygen atoms in total. The highest BCUT2D eigenvalue weighted by molar-refractivity contribution is 6.11. The highest BCUT2D eigenvalue weighted by Crippen LogP contribution is 2.34. The summed E-state index contributed by atoms with van der Waals surface area (Å²) in [5.41, 5.74) is 15.9. The lowest BCUT2D eigenvalue weighted by molar-refractivity contribution is 0.105. The number of ketones is 1. The molecule has 0 radical (unpaired) electrons. The quantitative estimate of drug-likeness (QED) is 0.456. The molecule has 8 heteroatoms. The lowest BCUT2D eigenvalue weighted by atomic mass is 10.00. The van der Waals surface area contributed by atoms with Gasteiger partial charge in [0.15, 0.2) is 11.5 Å². The predicted octanol–water partition coefficient (Wildman–Crippen LogP) is 2.45. The van der Waals surface area contributed by atoms with Gasteiger partial charge in [0, 0.05) is 36.7 Å². The van der Waals surface area contributed by atoms with Crippen LogP contribution < -0.4 is 20.9 Å². The Morgan fingerprint density at radius 1 is 1.15 bits per heavy atom. The topological polar surface area (TPSA) is 117 Å². The Kier molecular flexibility index (Phi) is 6.31. The van der Waals surface area contributed by atoms with Gasteiger partial charge in [-0.2, -0.15) is 4.98 Å². The average molecular weight is 444 g/mol. The van der Waals surface area contributed by atoms with Gasteiger partial charge >= 0.3 is 0 Å². The van der Waals surface area contributed by atoms with E-state index in [1.807, 2.05) is 17.0 Å². The first-order chi connectivity index (χ1) is 16.0. The number of rotatable bonds is 5. The smallest absolute Gasteiger partial charge is 0.241 e. The van der Waals surface area contributed by atoms with Crippen molar-refractivity contribution < 1.29 is 14.3 Å². The van der Waals surface area contributed by atoms with Crippen molar-refractivity contribution in [2.24, 2.45) is 0 Å². The van der Waals surface area contributed by atoms with Crippen molar-refractivity contribution >= 4 is 17.5 Å². The summed E-state index contributed by atoms with van der Waals surface area (Å²) in [7, 11) is 3.02. The van der Waals surface area contributed by atoms with E-state index in [0.717, 1.165) is 18.5 Å². The minimum absolute atomic E-state index is 0.107. The molecule has 0 unspecified atom stereocenters. The SMILES string of the molecule is COc1cc(Cc2cnc(N)nc2N)cc(C(=O)C#CN2CCc3ccccc3C2)c1OC. The summed E-state index contributed by atoms with van der Waals surface area (Å²) in [6.45, 7) is 1.46. The van der Waals surface area contributed by atoms with Crippen molar-refractivity contribution in [1.82, 2.24) is 14.9 Å². The van der Waals surface area contributed by atoms with Crippen LogP contribution in [0.4, 0.5) is 11.8 Å². The molecule has 2 heterocycles. The van der Waals surface area contributed by atoms with Crippen molar-refractivity contribution in [2.75, 3.05) is 32.2 Å². The fourth-order valence-electron chi connectivity index (χ4n) is 3.87. The zero-order valence-corrected chi connectivity index (χ0v) is 18.6. The normalized spacial score (nSPS) is 12.4. The van der Waals surface area contributed by atoms with Gasteiger partial charge in [-0.3, -0.25) is 4.79 Å². The molecule has 1 aromatic heterocycles. The first-order valence-electron chi connectivity index (χ1n) is 10.5. The molecule has 168 valence electrons. The van der Waals surface area contributed by atoms with Gasteiger partial charge in [-0.05, 0) is 35.2 Å². The molecular formula is C25H25N5O3. The monoisotopic (exact) mass is 443 g/mol. The number of nitrogens with two attached hydrogens (primary N) is 2. The van der Waals surface area contributed by atoms with Gasteiger partial charge in [0.25, 0.3) is 0 Å². The molecular weight excluding hydrogens is 418 g/mol. The van der Waals surface area contributed by atoms with E-state index in [1.165, 1.54) is 25.3 Å². The highest BCUT2D eigenvalue weighted by Gasteiger charge is 2.19. The molecule has 2 aromatic carbocycles. The first-order valence-corrected chi connectivity index (χ1v) is 10.5. The van der Waals surface area contributed by atoms with E-state index in [2.05, 4.69) is 34.1 Å². The number of hydrogen-bond acceptors (Lipinski definition) is 8. The van der Waals surface area contributed by atoms with Crippen molar-refractivity contribution in [3.8, 4) is 23.5 Å². The van der Waals surface area contributed by atoms with Crippen LogP contribution in [0.5, 0.6) is 11.5 Å². The Labute approximate surface area is 192 Å². The molecule has 0 spiro atoms. The van der Waals surface area contributed by atoms with E-state index in [4.69, 9.17) is 20.9 Å². The van der Waals surface area contributed by atoms with Crippen LogP contribution in [-0.2, 0) is 19.4 Å². The number of benzene rings is 2. The standard InChI is InChI=1S/C25H25N5O3/c1-32-22-13-16(11-19-14-28-25(27)29-24(19)26)12-20(23(22)33-2)21(31)8-10-30-9-7-17-5-3-4-6-18(17)15-30/h3-6,12-14H,7,9,11,15H2,1-2H3,(H4,26,27,28,29). The number of aromatic nitrogens is 2. The van der Waals surface area contributed by atoms with Gasteiger partial charge in [-0.1, -0.05) is 24.3 Å². The third kappa shape index (κ3) is 4.83. The largest absolute Gasteiger partial charge is 0.493 e. The van der Waals surface area contributed by atoms with Crippen molar-refractivity contribution in [3.05, 3.63) is 70.4 Å². The fourth-order valence-corrected chi connectivity index (χ4v) is 3.87. The molecule has 1 aliphatic heterocycles. The number of Topliss-reactive ketones (excluding diaryl/α,β-unsaturated/α-hetero) is 1. The molecule has 0 aliphatic carbocycles. The lowest BCUT2D eigenvalue weighted by Crippen LogP contribution is -2.26. The number of hydrogen-bond donors (Lipinski definition) is 2. The lowest BCUT2D eigenvalue weighted by Gasteiger charge is -2.25. The number of carbonyl (C=O) groups excluding carboxylic acids is 1. The van der Waals surface area contributed by atoms with Gasteiger partial charge in [-0.15, -0.1) is 0 Å². The van der Waals surface area contributed by atoms with Gasteiger partial charge in [0.2, 0.25) is 11.7 Å². The number of methoxy groups -OCH3 is 2. The molecule has 0 fully saturated rings. The van der Waals surface area contributed by atoms with Gasteiger partial charge in [0.1, 0.15) is 5.82 Å². The highest BCUT2D eigenvalue weighted by atomic mass is 16.5. The molecule has 0 saturated carbocycles. The van der Waals surface area contributed by atoms with Crippen LogP contribution in [0.25, 0.3) is 0 Å². The van der Waals surface area contributed by atoms with E-state index in [-0.39, 0.29) is 17.5 Å². The fraction of sp³-hybridized carbons (Fsp3) is 0.240. The Morgan fingerprint density at radius 3 is 2.67 bits per heavy atom. The van der Waals surface area contributed by atoms with Crippen LogP contribution in [0.1, 0.15) is 32.6 Å². The molecule has 4 N–H and O–H groups in total. The molecule has 3 aromatic rings. The second kappa shape index (κ2) is 9.49. The molecule has 0 bridgehead atoms. The number of nitrogen functional groups attached to an aromatic ring is 2. The summed E-state index contributed by atoms with van der Waals surface area (Å²) in [4.78, 5) is 23.1. The first kappa shape index (κ1) is 22.0. The summed E-state index contributed by atoms with van der Waals surface area (Å²) in [6.07, 6.45) is 2.86. The number of anilines is 2. The third-order valence-corrected chi connectivity index (χ3v) is 5.55. The van der Waals surface area contributed by atoms with Crippen LogP contribution in [0.3, 0.4) is 0 Å². The second-order valence-electron chi connectivity index (χ2n) is 7.70. The van der Waals surface area contributed by atoms with E-state index >= 15 is 0 Å². The van der Waals surface area contributed by atoms with Crippen LogP contribution in [0.15, 0.2) is 42.6 Å². The van der Waals surface area contributed by atoms with Gasteiger partial charge in [0.05, 0.1) is 26.3 Å². The minimum atomic E-state index is -0.354. The van der Waals surface area contributed by atoms with Gasteiger partial charge in [-0.25, -0.2) is 4.98 Å². The zero-order chi connectivity index (χ0) is 23.4. The Bertz CT molecular complexity index is 1260. The maximum Gasteiger partial charge on any atom is 0.241 e. The third-order valence-electron chi connectivity index (χ3n) is 5.55.